The zero-order valence-electron chi connectivity index (χ0n) is 17.1. The number of hydrogen-bond donors (Lipinski definition) is 3. The Labute approximate surface area is 195 Å². The molecule has 13 heteroatoms. The summed E-state index contributed by atoms with van der Waals surface area (Å²) in [4.78, 5) is 36.9. The van der Waals surface area contributed by atoms with Crippen LogP contribution in [-0.4, -0.2) is 44.5 Å². The van der Waals surface area contributed by atoms with Crippen molar-refractivity contribution in [2.75, 3.05) is 11.9 Å². The summed E-state index contributed by atoms with van der Waals surface area (Å²) in [6.45, 7) is -1.91. The van der Waals surface area contributed by atoms with E-state index in [2.05, 4.69) is 25.6 Å². The van der Waals surface area contributed by atoms with Gasteiger partial charge in [0.1, 0.15) is 31.0 Å². The third-order valence-electron chi connectivity index (χ3n) is 4.85. The number of rotatable bonds is 5. The van der Waals surface area contributed by atoms with Crippen molar-refractivity contribution in [3.63, 3.8) is 0 Å². The molecule has 1 aromatic carbocycles. The van der Waals surface area contributed by atoms with E-state index in [-0.39, 0.29) is 40.0 Å². The Morgan fingerprint density at radius 3 is 2.65 bits per heavy atom. The number of carbonyl (C=O) groups excluding carboxylic acids is 2. The van der Waals surface area contributed by atoms with Gasteiger partial charge in [-0.1, -0.05) is 11.6 Å². The number of aliphatic hydroxyl groups is 1. The number of anilines is 1. The molecular formula is C21H15ClF3N5O4. The summed E-state index contributed by atoms with van der Waals surface area (Å²) in [5.41, 5.74) is -0.506. The third kappa shape index (κ3) is 4.63. The number of ether oxygens (including phenoxy) is 1. The van der Waals surface area contributed by atoms with Crippen LogP contribution in [0.3, 0.4) is 0 Å². The fourth-order valence-electron chi connectivity index (χ4n) is 3.11. The Bertz CT molecular complexity index is 1270. The molecule has 34 heavy (non-hydrogen) atoms. The van der Waals surface area contributed by atoms with E-state index >= 15 is 0 Å². The molecule has 0 spiro atoms. The molecule has 1 atom stereocenters. The second-order valence-corrected chi connectivity index (χ2v) is 7.52. The Balaban J connectivity index is 1.56. The number of nitrogens with zero attached hydrogens (tertiary/aromatic N) is 3. The van der Waals surface area contributed by atoms with Crippen molar-refractivity contribution in [3.05, 3.63) is 64.2 Å². The smallest absolute Gasteiger partial charge is 0.289 e. The van der Waals surface area contributed by atoms with Gasteiger partial charge in [0.05, 0.1) is 23.5 Å². The highest BCUT2D eigenvalue weighted by molar-refractivity contribution is 6.33. The molecule has 4 rings (SSSR count). The highest BCUT2D eigenvalue weighted by Crippen LogP contribution is 2.29. The fraction of sp³-hybridized carbons (Fsp3) is 0.190. The number of aromatic nitrogens is 3. The molecule has 1 aliphatic rings. The molecule has 0 bridgehead atoms. The zero-order valence-corrected chi connectivity index (χ0v) is 17.9. The molecule has 2 amide bonds. The van der Waals surface area contributed by atoms with Crippen molar-refractivity contribution < 1.29 is 32.6 Å². The van der Waals surface area contributed by atoms with E-state index < -0.39 is 54.2 Å². The van der Waals surface area contributed by atoms with Gasteiger partial charge in [-0.15, -0.1) is 0 Å². The minimum atomic E-state index is -1.18. The van der Waals surface area contributed by atoms with Gasteiger partial charge in [-0.05, 0) is 18.2 Å². The Morgan fingerprint density at radius 2 is 1.97 bits per heavy atom. The zero-order chi connectivity index (χ0) is 24.4. The first kappa shape index (κ1) is 23.4. The number of carbonyl (C=O) groups is 2. The fourth-order valence-corrected chi connectivity index (χ4v) is 3.31. The number of benzene rings is 1. The second kappa shape index (κ2) is 9.61. The standard InChI is InChI=1S/C21H15ClF3N5O4/c22-12-6-27-19(29-17(12)10-2-13(24)11(7-31)14(25)3-10)21(33)28-15-8-34-16-1-9(4-23)5-26-18(16)30-20(15)32/h1-3,5-6,15,31H,4,7-8H2,(H,28,33)(H,26,30,32)/t15-/m0/s1. The summed E-state index contributed by atoms with van der Waals surface area (Å²) in [7, 11) is 0. The van der Waals surface area contributed by atoms with Crippen LogP contribution in [0.25, 0.3) is 11.3 Å². The maximum Gasteiger partial charge on any atom is 0.289 e. The molecular weight excluding hydrogens is 479 g/mol. The summed E-state index contributed by atoms with van der Waals surface area (Å²) < 4.78 is 46.5. The van der Waals surface area contributed by atoms with Crippen LogP contribution in [0, 0.1) is 11.6 Å². The minimum Gasteiger partial charge on any atom is -0.487 e. The maximum absolute atomic E-state index is 14.1. The monoisotopic (exact) mass is 493 g/mol. The quantitative estimate of drug-likeness (QED) is 0.498. The molecule has 0 unspecified atom stereocenters. The van der Waals surface area contributed by atoms with E-state index in [0.29, 0.717) is 0 Å². The first-order valence-corrected chi connectivity index (χ1v) is 10.1. The summed E-state index contributed by atoms with van der Waals surface area (Å²) >= 11 is 6.06. The van der Waals surface area contributed by atoms with Crippen LogP contribution in [0.1, 0.15) is 21.7 Å². The van der Waals surface area contributed by atoms with E-state index in [1.54, 1.807) is 0 Å². The van der Waals surface area contributed by atoms with Gasteiger partial charge in [-0.3, -0.25) is 9.59 Å². The molecule has 3 aromatic rings. The van der Waals surface area contributed by atoms with E-state index in [0.717, 1.165) is 18.3 Å². The van der Waals surface area contributed by atoms with Crippen LogP contribution in [0.15, 0.2) is 30.6 Å². The lowest BCUT2D eigenvalue weighted by atomic mass is 10.1. The number of aliphatic hydroxyl groups excluding tert-OH is 1. The lowest BCUT2D eigenvalue weighted by molar-refractivity contribution is -0.118. The Morgan fingerprint density at radius 1 is 1.24 bits per heavy atom. The molecule has 3 heterocycles. The van der Waals surface area contributed by atoms with Crippen LogP contribution in [0.2, 0.25) is 5.02 Å². The predicted octanol–water partition coefficient (Wildman–Crippen LogP) is 2.56. The largest absolute Gasteiger partial charge is 0.487 e. The molecule has 0 aliphatic carbocycles. The molecule has 3 N–H and O–H groups in total. The van der Waals surface area contributed by atoms with Crippen molar-refractivity contribution in [2.24, 2.45) is 0 Å². The van der Waals surface area contributed by atoms with Gasteiger partial charge in [0.15, 0.2) is 11.6 Å². The van der Waals surface area contributed by atoms with Gasteiger partial charge >= 0.3 is 0 Å². The first-order valence-electron chi connectivity index (χ1n) is 9.71. The molecule has 0 saturated carbocycles. The van der Waals surface area contributed by atoms with Crippen LogP contribution in [0.5, 0.6) is 5.75 Å². The number of pyridine rings is 1. The van der Waals surface area contributed by atoms with Crippen molar-refractivity contribution >= 4 is 29.2 Å². The molecule has 0 radical (unpaired) electrons. The summed E-state index contributed by atoms with van der Waals surface area (Å²) in [6, 6.07) is 2.01. The molecule has 0 fully saturated rings. The van der Waals surface area contributed by atoms with Gasteiger partial charge in [-0.2, -0.15) is 0 Å². The van der Waals surface area contributed by atoms with Gasteiger partial charge in [-0.25, -0.2) is 28.1 Å². The minimum absolute atomic E-state index is 0.0688. The normalized spacial score (nSPS) is 15.1. The summed E-state index contributed by atoms with van der Waals surface area (Å²) in [5, 5.41) is 13.8. The topological polar surface area (TPSA) is 126 Å². The number of nitrogens with one attached hydrogen (secondary N) is 2. The average Bonchev–Trinajstić information content (AvgIpc) is 2.97. The molecule has 2 aromatic heterocycles. The van der Waals surface area contributed by atoms with Gasteiger partial charge in [0.25, 0.3) is 11.8 Å². The van der Waals surface area contributed by atoms with Crippen molar-refractivity contribution in [3.8, 4) is 17.0 Å². The highest BCUT2D eigenvalue weighted by atomic mass is 35.5. The summed E-state index contributed by atoms with van der Waals surface area (Å²) in [5.74, 6) is -3.80. The average molecular weight is 494 g/mol. The SMILES string of the molecule is O=C(N[C@H]1COc2cc(CF)cnc2NC1=O)c1ncc(Cl)c(-c2cc(F)c(CO)c(F)c2)n1. The predicted molar refractivity (Wildman–Crippen MR) is 113 cm³/mol. The number of alkyl halides is 1. The summed E-state index contributed by atoms with van der Waals surface area (Å²) in [6.07, 6.45) is 2.31. The molecule has 176 valence electrons. The molecule has 9 nitrogen and oxygen atoms in total. The van der Waals surface area contributed by atoms with Crippen LogP contribution < -0.4 is 15.4 Å². The van der Waals surface area contributed by atoms with Crippen LogP contribution in [0.4, 0.5) is 19.0 Å². The number of halogens is 4. The third-order valence-corrected chi connectivity index (χ3v) is 5.13. The van der Waals surface area contributed by atoms with Crippen LogP contribution in [-0.2, 0) is 18.1 Å². The van der Waals surface area contributed by atoms with Crippen molar-refractivity contribution in [1.29, 1.82) is 0 Å². The molecule has 1 aliphatic heterocycles. The van der Waals surface area contributed by atoms with E-state index in [4.69, 9.17) is 21.4 Å². The van der Waals surface area contributed by atoms with Crippen LogP contribution >= 0.6 is 11.6 Å². The first-order chi connectivity index (χ1) is 16.3. The molecule has 0 saturated heterocycles. The number of hydrogen-bond acceptors (Lipinski definition) is 7. The lowest BCUT2D eigenvalue weighted by Gasteiger charge is -2.14. The number of fused-ring (bicyclic) bond motifs is 1. The van der Waals surface area contributed by atoms with E-state index in [9.17, 15) is 22.8 Å². The van der Waals surface area contributed by atoms with E-state index in [1.807, 2.05) is 0 Å². The second-order valence-electron chi connectivity index (χ2n) is 7.12. The van der Waals surface area contributed by atoms with Crippen molar-refractivity contribution in [2.45, 2.75) is 19.3 Å². The van der Waals surface area contributed by atoms with E-state index in [1.165, 1.54) is 12.3 Å². The van der Waals surface area contributed by atoms with Gasteiger partial charge < -0.3 is 20.5 Å². The highest BCUT2D eigenvalue weighted by Gasteiger charge is 2.28. The maximum atomic E-state index is 14.1. The Kier molecular flexibility index (Phi) is 6.61. The Hall–Kier alpha value is -3.77. The lowest BCUT2D eigenvalue weighted by Crippen LogP contribution is -2.46. The van der Waals surface area contributed by atoms with Gasteiger partial charge in [0.2, 0.25) is 5.82 Å². The van der Waals surface area contributed by atoms with Crippen molar-refractivity contribution in [1.82, 2.24) is 20.3 Å². The van der Waals surface area contributed by atoms with Gasteiger partial charge in [0, 0.05) is 22.9 Å². The number of amides is 2.